The SMILES string of the molecule is COc1cc(OC)cc(C2NC(=O)N(C)C3=C2C(=O)N(CC(C)C)C3)c1. The molecule has 3 amide bonds. The third-order valence-electron chi connectivity index (χ3n) is 4.73. The fraction of sp³-hybridized carbons (Fsp3) is 0.474. The molecular formula is C19H25N3O4. The largest absolute Gasteiger partial charge is 0.497 e. The number of likely N-dealkylation sites (N-methyl/N-ethyl adjacent to an activating group) is 1. The molecule has 0 aliphatic carbocycles. The lowest BCUT2D eigenvalue weighted by molar-refractivity contribution is -0.126. The number of carbonyl (C=O) groups excluding carboxylic acids is 2. The van der Waals surface area contributed by atoms with Crippen molar-refractivity contribution in [1.82, 2.24) is 15.1 Å². The molecule has 0 fully saturated rings. The molecule has 0 saturated carbocycles. The molecule has 2 aliphatic rings. The summed E-state index contributed by atoms with van der Waals surface area (Å²) in [6, 6.07) is 4.65. The van der Waals surface area contributed by atoms with Crippen LogP contribution in [0.2, 0.25) is 0 Å². The van der Waals surface area contributed by atoms with Gasteiger partial charge in [-0.3, -0.25) is 9.69 Å². The van der Waals surface area contributed by atoms with Gasteiger partial charge in [0, 0.05) is 19.7 Å². The van der Waals surface area contributed by atoms with Crippen LogP contribution in [0.5, 0.6) is 11.5 Å². The van der Waals surface area contributed by atoms with Crippen molar-refractivity contribution in [2.75, 3.05) is 34.4 Å². The lowest BCUT2D eigenvalue weighted by atomic mass is 9.95. The summed E-state index contributed by atoms with van der Waals surface area (Å²) in [4.78, 5) is 28.8. The fourth-order valence-corrected chi connectivity index (χ4v) is 3.46. The molecule has 1 atom stereocenters. The first-order valence-corrected chi connectivity index (χ1v) is 8.65. The number of nitrogens with one attached hydrogen (secondary N) is 1. The Morgan fingerprint density at radius 2 is 1.77 bits per heavy atom. The summed E-state index contributed by atoms with van der Waals surface area (Å²) in [5, 5.41) is 2.93. The summed E-state index contributed by atoms with van der Waals surface area (Å²) in [5.74, 6) is 1.54. The molecule has 26 heavy (non-hydrogen) atoms. The average Bonchev–Trinajstić information content (AvgIpc) is 2.94. The van der Waals surface area contributed by atoms with Crippen LogP contribution in [0, 0.1) is 5.92 Å². The number of rotatable bonds is 5. The zero-order valence-corrected chi connectivity index (χ0v) is 15.8. The number of nitrogens with zero attached hydrogens (tertiary/aromatic N) is 2. The molecule has 0 saturated heterocycles. The third kappa shape index (κ3) is 3.09. The maximum Gasteiger partial charge on any atom is 0.322 e. The molecule has 7 nitrogen and oxygen atoms in total. The Morgan fingerprint density at radius 3 is 2.31 bits per heavy atom. The van der Waals surface area contributed by atoms with Crippen LogP contribution in [0.4, 0.5) is 4.79 Å². The van der Waals surface area contributed by atoms with E-state index in [0.717, 1.165) is 11.3 Å². The molecule has 1 N–H and O–H groups in total. The highest BCUT2D eigenvalue weighted by molar-refractivity contribution is 6.01. The summed E-state index contributed by atoms with van der Waals surface area (Å²) in [5.41, 5.74) is 2.13. The van der Waals surface area contributed by atoms with Gasteiger partial charge in [-0.05, 0) is 23.6 Å². The zero-order chi connectivity index (χ0) is 19.0. The third-order valence-corrected chi connectivity index (χ3v) is 4.73. The maximum atomic E-state index is 13.0. The highest BCUT2D eigenvalue weighted by atomic mass is 16.5. The van der Waals surface area contributed by atoms with Gasteiger partial charge in [0.15, 0.2) is 0 Å². The van der Waals surface area contributed by atoms with Crippen molar-refractivity contribution in [2.45, 2.75) is 19.9 Å². The van der Waals surface area contributed by atoms with Crippen LogP contribution >= 0.6 is 0 Å². The van der Waals surface area contributed by atoms with E-state index in [9.17, 15) is 9.59 Å². The molecule has 1 unspecified atom stereocenters. The second-order valence-electron chi connectivity index (χ2n) is 7.03. The Hall–Kier alpha value is -2.70. The van der Waals surface area contributed by atoms with Crippen molar-refractivity contribution >= 4 is 11.9 Å². The first kappa shape index (κ1) is 18.1. The van der Waals surface area contributed by atoms with Crippen LogP contribution in [-0.4, -0.2) is 56.1 Å². The van der Waals surface area contributed by atoms with Gasteiger partial charge >= 0.3 is 6.03 Å². The molecule has 0 radical (unpaired) electrons. The lowest BCUT2D eigenvalue weighted by Gasteiger charge is -2.31. The van der Waals surface area contributed by atoms with Crippen molar-refractivity contribution in [2.24, 2.45) is 5.92 Å². The molecule has 140 valence electrons. The van der Waals surface area contributed by atoms with E-state index in [1.54, 1.807) is 32.2 Å². The van der Waals surface area contributed by atoms with E-state index in [4.69, 9.17) is 9.47 Å². The van der Waals surface area contributed by atoms with Gasteiger partial charge in [0.25, 0.3) is 5.91 Å². The summed E-state index contributed by atoms with van der Waals surface area (Å²) in [7, 11) is 4.84. The number of urea groups is 1. The second kappa shape index (κ2) is 6.90. The van der Waals surface area contributed by atoms with E-state index < -0.39 is 6.04 Å². The minimum Gasteiger partial charge on any atom is -0.497 e. The molecule has 2 heterocycles. The van der Waals surface area contributed by atoms with Gasteiger partial charge in [-0.1, -0.05) is 13.8 Å². The van der Waals surface area contributed by atoms with Crippen molar-refractivity contribution in [3.63, 3.8) is 0 Å². The molecule has 0 aromatic heterocycles. The maximum absolute atomic E-state index is 13.0. The van der Waals surface area contributed by atoms with E-state index >= 15 is 0 Å². The Balaban J connectivity index is 2.05. The molecule has 0 bridgehead atoms. The van der Waals surface area contributed by atoms with Gasteiger partial charge in [0.2, 0.25) is 0 Å². The predicted octanol–water partition coefficient (Wildman–Crippen LogP) is 2.15. The molecule has 7 heteroatoms. The molecule has 3 rings (SSSR count). The summed E-state index contributed by atoms with van der Waals surface area (Å²) in [6.07, 6.45) is 0. The van der Waals surface area contributed by atoms with Crippen LogP contribution in [0.3, 0.4) is 0 Å². The minimum atomic E-state index is -0.526. The number of amides is 3. The van der Waals surface area contributed by atoms with Gasteiger partial charge in [0.1, 0.15) is 11.5 Å². The Labute approximate surface area is 153 Å². The molecule has 2 aliphatic heterocycles. The lowest BCUT2D eigenvalue weighted by Crippen LogP contribution is -2.45. The normalized spacial score (nSPS) is 19.8. The van der Waals surface area contributed by atoms with Gasteiger partial charge < -0.3 is 19.7 Å². The van der Waals surface area contributed by atoms with E-state index in [2.05, 4.69) is 19.2 Å². The Bertz CT molecular complexity index is 750. The zero-order valence-electron chi connectivity index (χ0n) is 15.8. The van der Waals surface area contributed by atoms with Crippen molar-refractivity contribution in [3.05, 3.63) is 35.0 Å². The average molecular weight is 359 g/mol. The van der Waals surface area contributed by atoms with E-state index in [1.165, 1.54) is 4.90 Å². The number of hydrogen-bond donors (Lipinski definition) is 1. The van der Waals surface area contributed by atoms with Gasteiger partial charge in [-0.2, -0.15) is 0 Å². The van der Waals surface area contributed by atoms with Crippen LogP contribution in [0.25, 0.3) is 0 Å². The van der Waals surface area contributed by atoms with Crippen molar-refractivity contribution in [1.29, 1.82) is 0 Å². The number of carbonyl (C=O) groups is 2. The first-order valence-electron chi connectivity index (χ1n) is 8.65. The van der Waals surface area contributed by atoms with E-state index in [0.29, 0.717) is 36.1 Å². The Kier molecular flexibility index (Phi) is 4.80. The van der Waals surface area contributed by atoms with Crippen molar-refractivity contribution in [3.8, 4) is 11.5 Å². The molecule has 1 aromatic carbocycles. The number of methoxy groups -OCH3 is 2. The van der Waals surface area contributed by atoms with Crippen LogP contribution in [-0.2, 0) is 4.79 Å². The topological polar surface area (TPSA) is 71.1 Å². The van der Waals surface area contributed by atoms with Crippen LogP contribution in [0.15, 0.2) is 29.5 Å². The molecule has 1 aromatic rings. The molecule has 0 spiro atoms. The van der Waals surface area contributed by atoms with Gasteiger partial charge in [-0.25, -0.2) is 4.79 Å². The number of ether oxygens (including phenoxy) is 2. The second-order valence-corrected chi connectivity index (χ2v) is 7.03. The standard InChI is InChI=1S/C19H25N3O4/c1-11(2)9-22-10-15-16(18(22)23)17(20-19(24)21(15)3)12-6-13(25-4)8-14(7-12)26-5/h6-8,11,17H,9-10H2,1-5H3,(H,20,24). The summed E-state index contributed by atoms with van der Waals surface area (Å²) in [6.45, 7) is 5.25. The van der Waals surface area contributed by atoms with Crippen LogP contribution < -0.4 is 14.8 Å². The number of benzene rings is 1. The van der Waals surface area contributed by atoms with Crippen LogP contribution in [0.1, 0.15) is 25.5 Å². The van der Waals surface area contributed by atoms with E-state index in [-0.39, 0.29) is 11.9 Å². The predicted molar refractivity (Wildman–Crippen MR) is 97.0 cm³/mol. The van der Waals surface area contributed by atoms with E-state index in [1.807, 2.05) is 12.1 Å². The smallest absolute Gasteiger partial charge is 0.322 e. The fourth-order valence-electron chi connectivity index (χ4n) is 3.46. The Morgan fingerprint density at radius 1 is 1.15 bits per heavy atom. The van der Waals surface area contributed by atoms with Gasteiger partial charge in [0.05, 0.1) is 38.1 Å². The summed E-state index contributed by atoms with van der Waals surface area (Å²) >= 11 is 0. The summed E-state index contributed by atoms with van der Waals surface area (Å²) < 4.78 is 10.7. The number of hydrogen-bond acceptors (Lipinski definition) is 4. The minimum absolute atomic E-state index is 0.0349. The highest BCUT2D eigenvalue weighted by Crippen LogP contribution is 2.38. The quantitative estimate of drug-likeness (QED) is 0.874. The first-order chi connectivity index (χ1) is 12.3. The van der Waals surface area contributed by atoms with Gasteiger partial charge in [-0.15, -0.1) is 0 Å². The van der Waals surface area contributed by atoms with Crippen molar-refractivity contribution < 1.29 is 19.1 Å². The monoisotopic (exact) mass is 359 g/mol. The highest BCUT2D eigenvalue weighted by Gasteiger charge is 2.43. The molecular weight excluding hydrogens is 334 g/mol.